The number of hydrogen-bond acceptors (Lipinski definition) is 6. The number of allylic oxidation sites excluding steroid dienone is 3. The first-order valence-electron chi connectivity index (χ1n) is 12.5. The molecule has 1 saturated heterocycles. The Bertz CT molecular complexity index is 1240. The maximum absolute atomic E-state index is 13.7. The molecule has 1 saturated carbocycles. The van der Waals surface area contributed by atoms with Crippen molar-refractivity contribution < 1.29 is 97.5 Å². The van der Waals surface area contributed by atoms with Gasteiger partial charge in [-0.05, 0) is 71.1 Å². The molecule has 2 bridgehead atoms. The van der Waals surface area contributed by atoms with Crippen LogP contribution in [0.1, 0.15) is 58.4 Å². The Hall–Kier alpha value is -1.75. The summed E-state index contributed by atoms with van der Waals surface area (Å²) in [7, 11) is 0. The van der Waals surface area contributed by atoms with Gasteiger partial charge in [-0.3, -0.25) is 14.4 Å². The normalized spacial score (nSPS) is 29.5. The fourth-order valence-corrected chi connectivity index (χ4v) is 6.19. The van der Waals surface area contributed by atoms with Gasteiger partial charge in [0.25, 0.3) is 5.91 Å². The van der Waals surface area contributed by atoms with Gasteiger partial charge in [0.05, 0.1) is 0 Å². The number of nitrogens with one attached hydrogen (secondary N) is 1. The third kappa shape index (κ3) is 6.28. The summed E-state index contributed by atoms with van der Waals surface area (Å²) >= 11 is 0. The van der Waals surface area contributed by atoms with E-state index in [1.807, 2.05) is 31.2 Å². The van der Waals surface area contributed by atoms with Crippen molar-refractivity contribution in [1.29, 1.82) is 0 Å². The number of halogens is 1. The first-order chi connectivity index (χ1) is 17.4. The minimum absolute atomic E-state index is 0. The number of aliphatic carboxylic acids is 1. The largest absolute Gasteiger partial charge is 1.00 e. The second-order valence-corrected chi connectivity index (χ2v) is 10.5. The molecule has 2 fully saturated rings. The smallest absolute Gasteiger partial charge is 1.00 e. The second-order valence-electron chi connectivity index (χ2n) is 10.5. The third-order valence-corrected chi connectivity index (χ3v) is 8.13. The number of carboxylic acid groups (broad SMARTS) is 1. The number of ether oxygens (including phenoxy) is 2. The number of carbonyl (C=O) groups is 4. The zero-order valence-electron chi connectivity index (χ0n) is 23.0. The van der Waals surface area contributed by atoms with E-state index in [9.17, 15) is 19.2 Å². The molecule has 2 aliphatic carbocycles. The van der Waals surface area contributed by atoms with Crippen LogP contribution in [0.2, 0.25) is 0 Å². The molecule has 3 aliphatic rings. The molecule has 0 spiro atoms. The van der Waals surface area contributed by atoms with Crippen LogP contribution in [0, 0.1) is 18.3 Å². The minimum Gasteiger partial charge on any atom is -1.00 e. The number of aryl methyl sites for hydroxylation is 1. The zero-order chi connectivity index (χ0) is 27.0. The van der Waals surface area contributed by atoms with Gasteiger partial charge in [0.1, 0.15) is 16.6 Å². The fourth-order valence-electron chi connectivity index (χ4n) is 6.19. The average molecular weight is 582 g/mol. The van der Waals surface area contributed by atoms with Gasteiger partial charge in [0.15, 0.2) is 0 Å². The average Bonchev–Trinajstić information content (AvgIpc) is 2.97. The molecule has 1 aromatic carbocycles. The molecule has 39 heavy (non-hydrogen) atoms. The molecular weight excluding hydrogens is 549 g/mol. The molecule has 1 amide bonds. The number of rotatable bonds is 6. The molecule has 0 aromatic heterocycles. The van der Waals surface area contributed by atoms with Crippen molar-refractivity contribution in [2.45, 2.75) is 71.0 Å². The van der Waals surface area contributed by atoms with Gasteiger partial charge in [-0.25, -0.2) is 4.79 Å². The molecule has 1 heterocycles. The second kappa shape index (κ2) is 12.8. The first-order valence-corrected chi connectivity index (χ1v) is 12.5. The molecule has 0 unspecified atom stereocenters. The van der Waals surface area contributed by atoms with E-state index >= 15 is 0 Å². The summed E-state index contributed by atoms with van der Waals surface area (Å²) in [6, 6.07) is 7.50. The van der Waals surface area contributed by atoms with E-state index in [-0.39, 0.29) is 87.6 Å². The molecule has 0 radical (unpaired) electrons. The van der Waals surface area contributed by atoms with Crippen LogP contribution in [0.15, 0.2) is 59.7 Å². The summed E-state index contributed by atoms with van der Waals surface area (Å²) < 4.78 is 12.1. The Labute approximate surface area is 277 Å². The van der Waals surface area contributed by atoms with Crippen LogP contribution in [-0.2, 0) is 28.7 Å². The molecule has 8 nitrogen and oxygen atoms in total. The van der Waals surface area contributed by atoms with Crippen LogP contribution in [-0.4, -0.2) is 40.1 Å². The van der Waals surface area contributed by atoms with Crippen molar-refractivity contribution in [3.63, 3.8) is 0 Å². The monoisotopic (exact) mass is 581 g/mol. The fraction of sp³-hybridized carbons (Fsp3) is 0.448. The molecule has 2 N–H and O–H groups in total. The van der Waals surface area contributed by atoms with E-state index in [1.54, 1.807) is 25.2 Å². The predicted molar refractivity (Wildman–Crippen MR) is 136 cm³/mol. The van der Waals surface area contributed by atoms with Gasteiger partial charge < -0.3 is 32.3 Å². The minimum atomic E-state index is -1.15. The van der Waals surface area contributed by atoms with E-state index in [4.69, 9.17) is 14.6 Å². The first kappa shape index (κ1) is 33.5. The number of anilines is 1. The summed E-state index contributed by atoms with van der Waals surface area (Å²) in [5.74, 6) is -2.61. The predicted octanol–water partition coefficient (Wildman–Crippen LogP) is -1.35. The Kier molecular flexibility index (Phi) is 11.0. The maximum Gasteiger partial charge on any atom is 1.00 e. The van der Waals surface area contributed by atoms with Gasteiger partial charge in [-0.15, -0.1) is 0 Å². The quantitative estimate of drug-likeness (QED) is 0.185. The molecule has 4 rings (SSSR count). The topological polar surface area (TPSA) is 119 Å². The molecule has 1 aromatic rings. The Morgan fingerprint density at radius 2 is 1.82 bits per heavy atom. The summed E-state index contributed by atoms with van der Waals surface area (Å²) in [5.41, 5.74) is -0.924. The Balaban J connectivity index is 0.00000267. The number of hydrogen-bond donors (Lipinski definition) is 2. The number of esters is 2. The molecular formula is C29H33ClKNO7. The van der Waals surface area contributed by atoms with Crippen molar-refractivity contribution >= 4 is 29.5 Å². The number of carbonyl (C=O) groups excluding carboxylic acids is 3. The van der Waals surface area contributed by atoms with E-state index in [0.717, 1.165) is 5.56 Å². The summed E-state index contributed by atoms with van der Waals surface area (Å²) in [5, 5.41) is 12.1. The van der Waals surface area contributed by atoms with Crippen molar-refractivity contribution in [2.75, 3.05) is 5.32 Å². The number of cyclic esters (lactones) is 1. The molecule has 1 aliphatic heterocycles. The summed E-state index contributed by atoms with van der Waals surface area (Å²) in [6.45, 7) is 6.54. The SMILES string of the molecule is CC(=O)O[C@]12CCC(C(=O)Nc3ccc(C)cc3)=CC[C@]13CC[C@H]2[C@@](C)(/C=C/C=C(\C)C(=O)O)OC3=O.[Cl-].[K+]. The maximum atomic E-state index is 13.7. The summed E-state index contributed by atoms with van der Waals surface area (Å²) in [6.07, 6.45) is 8.37. The molecule has 4 atom stereocenters. The van der Waals surface area contributed by atoms with Crippen molar-refractivity contribution in [1.82, 2.24) is 0 Å². The van der Waals surface area contributed by atoms with Crippen molar-refractivity contribution in [2.24, 2.45) is 11.3 Å². The Morgan fingerprint density at radius 1 is 1.15 bits per heavy atom. The van der Waals surface area contributed by atoms with Crippen molar-refractivity contribution in [3.05, 3.63) is 65.3 Å². The Morgan fingerprint density at radius 3 is 2.44 bits per heavy atom. The third-order valence-electron chi connectivity index (χ3n) is 8.13. The van der Waals surface area contributed by atoms with Crippen LogP contribution in [0.25, 0.3) is 0 Å². The zero-order valence-corrected chi connectivity index (χ0v) is 26.9. The number of benzene rings is 1. The van der Waals surface area contributed by atoms with Gasteiger partial charge in [-0.1, -0.05) is 35.9 Å². The van der Waals surface area contributed by atoms with Crippen LogP contribution < -0.4 is 69.1 Å². The van der Waals surface area contributed by atoms with E-state index in [2.05, 4.69) is 5.32 Å². The van der Waals surface area contributed by atoms with Gasteiger partial charge >= 0.3 is 69.3 Å². The standard InChI is InChI=1S/C29H33NO7.ClH.K/c1-18-7-9-22(10-8-18)30-24(32)21-11-15-28-16-13-23(29(28,17-12-21)36-20(3)31)27(4,37-26(28)35)14-5-6-19(2)25(33)34;;/h5-11,14,23H,12-13,15-17H2,1-4H3,(H,30,32)(H,33,34);1H;/q;;+1/p-1/b14-5+,19-6+;;/t23-,27+,28+,29-;;/m0../s1. The van der Waals surface area contributed by atoms with Crippen LogP contribution in [0.4, 0.5) is 5.69 Å². The molecule has 204 valence electrons. The van der Waals surface area contributed by atoms with Crippen LogP contribution in [0.5, 0.6) is 0 Å². The molecule has 10 heteroatoms. The van der Waals surface area contributed by atoms with Gasteiger partial charge in [-0.2, -0.15) is 0 Å². The van der Waals surface area contributed by atoms with Crippen molar-refractivity contribution in [3.8, 4) is 0 Å². The van der Waals surface area contributed by atoms with Gasteiger partial charge in [0, 0.05) is 29.7 Å². The van der Waals surface area contributed by atoms with Crippen LogP contribution in [0.3, 0.4) is 0 Å². The number of carboxylic acids is 1. The number of amides is 1. The summed E-state index contributed by atoms with van der Waals surface area (Å²) in [4.78, 5) is 50.4. The van der Waals surface area contributed by atoms with E-state index < -0.39 is 34.5 Å². The van der Waals surface area contributed by atoms with E-state index in [1.165, 1.54) is 19.9 Å². The van der Waals surface area contributed by atoms with Gasteiger partial charge in [0.2, 0.25) is 0 Å². The van der Waals surface area contributed by atoms with Crippen LogP contribution >= 0.6 is 0 Å². The van der Waals surface area contributed by atoms with E-state index in [0.29, 0.717) is 36.9 Å².